The van der Waals surface area contributed by atoms with Gasteiger partial charge in [-0.05, 0) is 31.7 Å². The maximum Gasteiger partial charge on any atom is 0.315 e. The molecule has 4 nitrogen and oxygen atoms in total. The smallest absolute Gasteiger partial charge is 0.315 e. The predicted octanol–water partition coefficient (Wildman–Crippen LogP) is 2.99. The number of hydrogen-bond acceptors (Lipinski definition) is 2. The minimum atomic E-state index is -0.556. The maximum absolute atomic E-state index is 11.8. The van der Waals surface area contributed by atoms with Crippen molar-refractivity contribution < 1.29 is 9.90 Å². The number of aliphatic hydroxyl groups is 1. The molecule has 0 radical (unpaired) electrons. The second kappa shape index (κ2) is 8.59. The van der Waals surface area contributed by atoms with E-state index in [-0.39, 0.29) is 18.1 Å². The molecule has 0 aliphatic rings. The number of benzene rings is 1. The van der Waals surface area contributed by atoms with E-state index in [0.717, 1.165) is 18.4 Å². The van der Waals surface area contributed by atoms with Crippen LogP contribution in [0.4, 0.5) is 4.79 Å². The van der Waals surface area contributed by atoms with Crippen molar-refractivity contribution in [2.75, 3.05) is 0 Å². The van der Waals surface area contributed by atoms with Gasteiger partial charge in [-0.25, -0.2) is 4.79 Å². The molecule has 0 aromatic heterocycles. The van der Waals surface area contributed by atoms with E-state index in [4.69, 9.17) is 0 Å². The van der Waals surface area contributed by atoms with Crippen LogP contribution in [0.25, 0.3) is 0 Å². The molecule has 2 amide bonds. The van der Waals surface area contributed by atoms with Crippen molar-refractivity contribution in [3.63, 3.8) is 0 Å². The Kier molecular flexibility index (Phi) is 7.09. The summed E-state index contributed by atoms with van der Waals surface area (Å²) in [4.78, 5) is 11.8. The molecular weight excluding hydrogens is 252 g/mol. The number of urea groups is 1. The van der Waals surface area contributed by atoms with E-state index < -0.39 is 6.10 Å². The van der Waals surface area contributed by atoms with Gasteiger partial charge in [0.2, 0.25) is 0 Å². The maximum atomic E-state index is 11.8. The summed E-state index contributed by atoms with van der Waals surface area (Å²) in [6.45, 7) is 6.01. The zero-order chi connectivity index (χ0) is 15.0. The van der Waals surface area contributed by atoms with Gasteiger partial charge >= 0.3 is 6.03 Å². The Morgan fingerprint density at radius 3 is 2.30 bits per heavy atom. The van der Waals surface area contributed by atoms with E-state index in [1.54, 1.807) is 0 Å². The van der Waals surface area contributed by atoms with E-state index >= 15 is 0 Å². The molecule has 0 aliphatic carbocycles. The fourth-order valence-electron chi connectivity index (χ4n) is 2.15. The summed E-state index contributed by atoms with van der Waals surface area (Å²) in [5, 5.41) is 15.9. The third kappa shape index (κ3) is 5.61. The van der Waals surface area contributed by atoms with Crippen LogP contribution in [0.5, 0.6) is 0 Å². The van der Waals surface area contributed by atoms with Crippen LogP contribution in [-0.2, 0) is 0 Å². The van der Waals surface area contributed by atoms with Gasteiger partial charge in [0.25, 0.3) is 0 Å². The number of aliphatic hydroxyl groups excluding tert-OH is 1. The second-order valence-electron chi connectivity index (χ2n) is 5.19. The van der Waals surface area contributed by atoms with E-state index in [2.05, 4.69) is 24.5 Å². The molecule has 3 N–H and O–H groups in total. The molecule has 0 bridgehead atoms. The first kappa shape index (κ1) is 16.5. The van der Waals surface area contributed by atoms with Crippen molar-refractivity contribution in [3.05, 3.63) is 35.9 Å². The van der Waals surface area contributed by atoms with Crippen molar-refractivity contribution in [1.82, 2.24) is 10.6 Å². The standard InChI is InChI=1S/C16H26N2O2/c1-4-14(5-2)18-16(20)17-12(3)11-15(19)13-9-7-6-8-10-13/h6-10,12,14-15,19H,4-5,11H2,1-3H3,(H2,17,18,20). The average Bonchev–Trinajstić information content (AvgIpc) is 2.45. The van der Waals surface area contributed by atoms with Gasteiger partial charge in [-0.1, -0.05) is 44.2 Å². The molecule has 1 aromatic rings. The normalized spacial score (nSPS) is 13.8. The minimum absolute atomic E-state index is 0.0837. The van der Waals surface area contributed by atoms with Crippen LogP contribution in [0.15, 0.2) is 30.3 Å². The summed E-state index contributed by atoms with van der Waals surface area (Å²) in [6.07, 6.45) is 1.79. The molecule has 2 atom stereocenters. The van der Waals surface area contributed by atoms with Gasteiger partial charge < -0.3 is 15.7 Å². The van der Waals surface area contributed by atoms with Crippen molar-refractivity contribution in [2.45, 2.75) is 58.2 Å². The summed E-state index contributed by atoms with van der Waals surface area (Å²) >= 11 is 0. The quantitative estimate of drug-likeness (QED) is 0.718. The zero-order valence-electron chi connectivity index (χ0n) is 12.6. The Morgan fingerprint density at radius 1 is 1.15 bits per heavy atom. The highest BCUT2D eigenvalue weighted by atomic mass is 16.3. The summed E-state index contributed by atoms with van der Waals surface area (Å²) < 4.78 is 0. The lowest BCUT2D eigenvalue weighted by molar-refractivity contribution is 0.154. The highest BCUT2D eigenvalue weighted by Gasteiger charge is 2.15. The van der Waals surface area contributed by atoms with Gasteiger partial charge in [-0.2, -0.15) is 0 Å². The van der Waals surface area contributed by atoms with E-state index in [0.29, 0.717) is 6.42 Å². The summed E-state index contributed by atoms with van der Waals surface area (Å²) in [6, 6.07) is 9.46. The average molecular weight is 278 g/mol. The molecule has 0 saturated carbocycles. The highest BCUT2D eigenvalue weighted by Crippen LogP contribution is 2.17. The molecule has 0 fully saturated rings. The molecule has 1 rings (SSSR count). The fraction of sp³-hybridized carbons (Fsp3) is 0.562. The first-order chi connectivity index (χ1) is 9.56. The molecule has 0 aliphatic heterocycles. The number of amides is 2. The van der Waals surface area contributed by atoms with Crippen molar-refractivity contribution >= 4 is 6.03 Å². The Morgan fingerprint density at radius 2 is 1.75 bits per heavy atom. The Balaban J connectivity index is 2.39. The van der Waals surface area contributed by atoms with Crippen molar-refractivity contribution in [3.8, 4) is 0 Å². The van der Waals surface area contributed by atoms with Crippen LogP contribution in [0.2, 0.25) is 0 Å². The molecule has 0 spiro atoms. The van der Waals surface area contributed by atoms with Crippen LogP contribution in [0.1, 0.15) is 51.7 Å². The lowest BCUT2D eigenvalue weighted by Gasteiger charge is -2.21. The number of rotatable bonds is 7. The lowest BCUT2D eigenvalue weighted by atomic mass is 10.0. The summed E-state index contributed by atoms with van der Waals surface area (Å²) in [5.41, 5.74) is 0.876. The predicted molar refractivity (Wildman–Crippen MR) is 81.5 cm³/mol. The van der Waals surface area contributed by atoms with Crippen LogP contribution in [0, 0.1) is 0 Å². The van der Waals surface area contributed by atoms with Crippen LogP contribution < -0.4 is 10.6 Å². The molecule has 1 aromatic carbocycles. The Bertz CT molecular complexity index is 391. The molecule has 0 heterocycles. The molecule has 2 unspecified atom stereocenters. The van der Waals surface area contributed by atoms with Gasteiger partial charge in [0.05, 0.1) is 6.10 Å². The number of nitrogens with one attached hydrogen (secondary N) is 2. The molecule has 20 heavy (non-hydrogen) atoms. The van der Waals surface area contributed by atoms with Crippen LogP contribution in [-0.4, -0.2) is 23.2 Å². The Labute approximate surface area is 121 Å². The third-order valence-electron chi connectivity index (χ3n) is 3.46. The third-order valence-corrected chi connectivity index (χ3v) is 3.46. The highest BCUT2D eigenvalue weighted by molar-refractivity contribution is 5.74. The van der Waals surface area contributed by atoms with Gasteiger partial charge in [0.1, 0.15) is 0 Å². The van der Waals surface area contributed by atoms with E-state index in [9.17, 15) is 9.90 Å². The van der Waals surface area contributed by atoms with Gasteiger partial charge in [0.15, 0.2) is 0 Å². The molecular formula is C16H26N2O2. The van der Waals surface area contributed by atoms with Crippen LogP contribution >= 0.6 is 0 Å². The molecule has 0 saturated heterocycles. The summed E-state index contributed by atoms with van der Waals surface area (Å²) in [7, 11) is 0. The molecule has 112 valence electrons. The fourth-order valence-corrected chi connectivity index (χ4v) is 2.15. The monoisotopic (exact) mass is 278 g/mol. The first-order valence-corrected chi connectivity index (χ1v) is 7.36. The summed E-state index contributed by atoms with van der Waals surface area (Å²) in [5.74, 6) is 0. The number of carbonyl (C=O) groups excluding carboxylic acids is 1. The Hall–Kier alpha value is -1.55. The van der Waals surface area contributed by atoms with Crippen LogP contribution in [0.3, 0.4) is 0 Å². The lowest BCUT2D eigenvalue weighted by Crippen LogP contribution is -2.45. The van der Waals surface area contributed by atoms with Crippen molar-refractivity contribution in [2.24, 2.45) is 0 Å². The first-order valence-electron chi connectivity index (χ1n) is 7.36. The van der Waals surface area contributed by atoms with Crippen molar-refractivity contribution in [1.29, 1.82) is 0 Å². The number of carbonyl (C=O) groups is 1. The van der Waals surface area contributed by atoms with Gasteiger partial charge in [-0.3, -0.25) is 0 Å². The SMILES string of the molecule is CCC(CC)NC(=O)NC(C)CC(O)c1ccccc1. The van der Waals surface area contributed by atoms with Gasteiger partial charge in [0, 0.05) is 12.1 Å². The minimum Gasteiger partial charge on any atom is -0.388 e. The second-order valence-corrected chi connectivity index (χ2v) is 5.19. The zero-order valence-corrected chi connectivity index (χ0v) is 12.6. The van der Waals surface area contributed by atoms with Gasteiger partial charge in [-0.15, -0.1) is 0 Å². The topological polar surface area (TPSA) is 61.4 Å². The van der Waals surface area contributed by atoms with E-state index in [1.807, 2.05) is 37.3 Å². The molecule has 4 heteroatoms. The largest absolute Gasteiger partial charge is 0.388 e. The van der Waals surface area contributed by atoms with E-state index in [1.165, 1.54) is 0 Å². The number of hydrogen-bond donors (Lipinski definition) is 3.